The number of aliphatic imine (C=N–C) groups is 1. The van der Waals surface area contributed by atoms with Crippen molar-refractivity contribution in [3.8, 4) is 5.00 Å². The zero-order chi connectivity index (χ0) is 24.0. The molecule has 9 heteroatoms. The summed E-state index contributed by atoms with van der Waals surface area (Å²) >= 11 is 2.78. The van der Waals surface area contributed by atoms with Gasteiger partial charge < -0.3 is 15.0 Å². The third-order valence-electron chi connectivity index (χ3n) is 6.03. The zero-order valence-electron chi connectivity index (χ0n) is 18.6. The first-order valence-electron chi connectivity index (χ1n) is 10.9. The molecule has 34 heavy (non-hydrogen) atoms. The number of carboxylic acids is 1. The van der Waals surface area contributed by atoms with Crippen LogP contribution in [0.4, 0.5) is 10.1 Å². The molecule has 174 valence electrons. The summed E-state index contributed by atoms with van der Waals surface area (Å²) in [5.41, 5.74) is 4.56. The highest BCUT2D eigenvalue weighted by atomic mass is 32.2. The van der Waals surface area contributed by atoms with Gasteiger partial charge in [0.25, 0.3) is 5.91 Å². The molecule has 2 aromatic heterocycles. The quantitative estimate of drug-likeness (QED) is 0.451. The number of carbonyl (C=O) groups is 2. The highest BCUT2D eigenvalue weighted by molar-refractivity contribution is 8.18. The fourth-order valence-corrected chi connectivity index (χ4v) is 6.76. The monoisotopic (exact) mass is 495 g/mol. The van der Waals surface area contributed by atoms with E-state index in [1.165, 1.54) is 28.8 Å². The second-order valence-electron chi connectivity index (χ2n) is 8.32. The van der Waals surface area contributed by atoms with Gasteiger partial charge in [0.15, 0.2) is 5.17 Å². The summed E-state index contributed by atoms with van der Waals surface area (Å²) < 4.78 is 15.1. The van der Waals surface area contributed by atoms with Crippen LogP contribution in [0.15, 0.2) is 40.2 Å². The van der Waals surface area contributed by atoms with Crippen LogP contribution in [0, 0.1) is 19.7 Å². The average molecular weight is 496 g/mol. The van der Waals surface area contributed by atoms with Crippen LogP contribution in [-0.4, -0.2) is 26.7 Å². The number of thiophene rings is 1. The Labute approximate surface area is 204 Å². The summed E-state index contributed by atoms with van der Waals surface area (Å²) in [6, 6.07) is 7.70. The first-order valence-corrected chi connectivity index (χ1v) is 12.6. The van der Waals surface area contributed by atoms with E-state index < -0.39 is 5.97 Å². The van der Waals surface area contributed by atoms with E-state index in [1.807, 2.05) is 24.5 Å². The molecule has 3 heterocycles. The molecule has 0 radical (unpaired) electrons. The molecule has 2 aliphatic rings. The van der Waals surface area contributed by atoms with Crippen molar-refractivity contribution < 1.29 is 19.1 Å². The van der Waals surface area contributed by atoms with Gasteiger partial charge in [-0.1, -0.05) is 0 Å². The molecule has 0 spiro atoms. The number of aromatic nitrogens is 1. The van der Waals surface area contributed by atoms with Gasteiger partial charge in [0, 0.05) is 16.3 Å². The number of halogens is 1. The van der Waals surface area contributed by atoms with Gasteiger partial charge in [0.1, 0.15) is 10.8 Å². The van der Waals surface area contributed by atoms with E-state index in [9.17, 15) is 19.1 Å². The SMILES string of the molecule is Cc1cc(/C=C2\SC(=Nc3ccc(F)cc3)NC2=O)c(C)n1-c1sc2c(c1C(=O)O)CCCC2. The number of hydrogen-bond acceptors (Lipinski definition) is 5. The first-order chi connectivity index (χ1) is 16.3. The lowest BCUT2D eigenvalue weighted by molar-refractivity contribution is -0.115. The first kappa shape index (κ1) is 22.6. The largest absolute Gasteiger partial charge is 0.478 e. The van der Waals surface area contributed by atoms with Gasteiger partial charge >= 0.3 is 5.97 Å². The van der Waals surface area contributed by atoms with E-state index >= 15 is 0 Å². The zero-order valence-corrected chi connectivity index (χ0v) is 20.3. The molecule has 0 unspecified atom stereocenters. The number of aromatic carboxylic acids is 1. The van der Waals surface area contributed by atoms with E-state index in [0.717, 1.165) is 53.2 Å². The minimum absolute atomic E-state index is 0.256. The lowest BCUT2D eigenvalue weighted by Crippen LogP contribution is -2.19. The minimum Gasteiger partial charge on any atom is -0.478 e. The van der Waals surface area contributed by atoms with E-state index in [0.29, 0.717) is 21.3 Å². The summed E-state index contributed by atoms with van der Waals surface area (Å²) in [6.07, 6.45) is 5.62. The fourth-order valence-electron chi connectivity index (χ4n) is 4.43. The predicted octanol–water partition coefficient (Wildman–Crippen LogP) is 5.76. The van der Waals surface area contributed by atoms with Crippen LogP contribution in [0.5, 0.6) is 0 Å². The van der Waals surface area contributed by atoms with Gasteiger partial charge in [-0.15, -0.1) is 11.3 Å². The van der Waals surface area contributed by atoms with Gasteiger partial charge in [-0.3, -0.25) is 4.79 Å². The number of amidine groups is 1. The summed E-state index contributed by atoms with van der Waals surface area (Å²) in [6.45, 7) is 3.89. The number of nitrogens with zero attached hydrogens (tertiary/aromatic N) is 2. The Morgan fingerprint density at radius 2 is 1.94 bits per heavy atom. The smallest absolute Gasteiger partial charge is 0.339 e. The van der Waals surface area contributed by atoms with Crippen molar-refractivity contribution >= 4 is 51.9 Å². The van der Waals surface area contributed by atoms with Crippen molar-refractivity contribution in [3.05, 3.63) is 74.0 Å². The number of thioether (sulfide) groups is 1. The van der Waals surface area contributed by atoms with Crippen LogP contribution in [0.2, 0.25) is 0 Å². The standard InChI is InChI=1S/C25H22FN3O3S2/c1-13-11-15(12-20-22(30)28-25(34-20)27-17-9-7-16(26)8-10-17)14(2)29(13)23-21(24(31)32)18-5-3-4-6-19(18)33-23/h7-12H,3-6H2,1-2H3,(H,31,32)(H,27,28,30)/b20-12-. The van der Waals surface area contributed by atoms with E-state index in [-0.39, 0.29) is 11.7 Å². The van der Waals surface area contributed by atoms with Crippen LogP contribution in [0.1, 0.15) is 50.6 Å². The normalized spacial score (nSPS) is 17.9. The second kappa shape index (κ2) is 8.88. The van der Waals surface area contributed by atoms with Crippen molar-refractivity contribution in [3.63, 3.8) is 0 Å². The molecular weight excluding hydrogens is 473 g/mol. The fraction of sp³-hybridized carbons (Fsp3) is 0.240. The van der Waals surface area contributed by atoms with Crippen molar-refractivity contribution in [1.82, 2.24) is 9.88 Å². The van der Waals surface area contributed by atoms with Crippen LogP contribution in [0.3, 0.4) is 0 Å². The number of amides is 1. The second-order valence-corrected chi connectivity index (χ2v) is 10.4. The lowest BCUT2D eigenvalue weighted by Gasteiger charge is -2.11. The molecule has 0 atom stereocenters. The van der Waals surface area contributed by atoms with E-state index in [4.69, 9.17) is 0 Å². The van der Waals surface area contributed by atoms with Crippen molar-refractivity contribution in [2.75, 3.05) is 0 Å². The van der Waals surface area contributed by atoms with Gasteiger partial charge in [-0.05, 0) is 98.8 Å². The third-order valence-corrected chi connectivity index (χ3v) is 8.22. The lowest BCUT2D eigenvalue weighted by atomic mass is 9.95. The van der Waals surface area contributed by atoms with Gasteiger partial charge in [-0.25, -0.2) is 14.2 Å². The minimum atomic E-state index is -0.894. The molecule has 1 aromatic carbocycles. The number of rotatable bonds is 4. The van der Waals surface area contributed by atoms with Gasteiger partial charge in [0.2, 0.25) is 0 Å². The number of carbonyl (C=O) groups excluding carboxylic acids is 1. The van der Waals surface area contributed by atoms with Crippen LogP contribution >= 0.6 is 23.1 Å². The Balaban J connectivity index is 1.50. The predicted molar refractivity (Wildman–Crippen MR) is 134 cm³/mol. The van der Waals surface area contributed by atoms with Crippen molar-refractivity contribution in [2.45, 2.75) is 39.5 Å². The average Bonchev–Trinajstić information content (AvgIpc) is 3.43. The van der Waals surface area contributed by atoms with E-state index in [1.54, 1.807) is 29.5 Å². The Morgan fingerprint density at radius 3 is 2.68 bits per heavy atom. The topological polar surface area (TPSA) is 83.7 Å². The summed E-state index contributed by atoms with van der Waals surface area (Å²) in [7, 11) is 0. The molecule has 1 aliphatic heterocycles. The highest BCUT2D eigenvalue weighted by Gasteiger charge is 2.28. The maximum atomic E-state index is 13.1. The third kappa shape index (κ3) is 4.10. The molecule has 0 saturated carbocycles. The number of hydrogen-bond donors (Lipinski definition) is 2. The number of fused-ring (bicyclic) bond motifs is 1. The van der Waals surface area contributed by atoms with Gasteiger partial charge in [-0.2, -0.15) is 0 Å². The van der Waals surface area contributed by atoms with E-state index in [2.05, 4.69) is 10.3 Å². The van der Waals surface area contributed by atoms with Gasteiger partial charge in [0.05, 0.1) is 16.2 Å². The molecule has 6 nitrogen and oxygen atoms in total. The van der Waals surface area contributed by atoms with Crippen molar-refractivity contribution in [2.24, 2.45) is 4.99 Å². The maximum absolute atomic E-state index is 13.1. The summed E-state index contributed by atoms with van der Waals surface area (Å²) in [4.78, 5) is 30.8. The number of nitrogens with one attached hydrogen (secondary N) is 1. The van der Waals surface area contributed by atoms with Crippen molar-refractivity contribution in [1.29, 1.82) is 0 Å². The Bertz CT molecular complexity index is 1380. The molecule has 1 saturated heterocycles. The Hall–Kier alpha value is -3.17. The molecule has 1 aliphatic carbocycles. The number of aryl methyl sites for hydroxylation is 2. The molecule has 3 aromatic rings. The van der Waals surface area contributed by atoms with Crippen LogP contribution < -0.4 is 5.32 Å². The molecule has 2 N–H and O–H groups in total. The number of benzene rings is 1. The molecule has 1 fully saturated rings. The molecule has 0 bridgehead atoms. The highest BCUT2D eigenvalue weighted by Crippen LogP contribution is 2.39. The molecule has 5 rings (SSSR count). The number of carboxylic acid groups (broad SMARTS) is 1. The molecular formula is C25H22FN3O3S2. The Kier molecular flexibility index (Phi) is 5.91. The maximum Gasteiger partial charge on any atom is 0.339 e. The molecule has 1 amide bonds. The van der Waals surface area contributed by atoms with Crippen LogP contribution in [-0.2, 0) is 17.6 Å². The summed E-state index contributed by atoms with van der Waals surface area (Å²) in [5.74, 6) is -1.50. The summed E-state index contributed by atoms with van der Waals surface area (Å²) in [5, 5.41) is 13.9. The Morgan fingerprint density at radius 1 is 1.21 bits per heavy atom. The van der Waals surface area contributed by atoms with Crippen LogP contribution in [0.25, 0.3) is 11.1 Å².